The molecule has 1 aliphatic rings. The molecule has 0 heterocycles. The van der Waals surface area contributed by atoms with Crippen molar-refractivity contribution in [2.24, 2.45) is 0 Å². The van der Waals surface area contributed by atoms with Crippen LogP contribution >= 0.6 is 0 Å². The molecule has 1 fully saturated rings. The van der Waals surface area contributed by atoms with Crippen LogP contribution < -0.4 is 0 Å². The van der Waals surface area contributed by atoms with Gasteiger partial charge in [0.15, 0.2) is 0 Å². The molecule has 0 amide bonds. The summed E-state index contributed by atoms with van der Waals surface area (Å²) in [5.41, 5.74) is 0.991. The van der Waals surface area contributed by atoms with Gasteiger partial charge in [-0.25, -0.2) is 0 Å². The first-order valence-electron chi connectivity index (χ1n) is 4.10. The molecule has 0 bridgehead atoms. The molecule has 3 nitrogen and oxygen atoms in total. The topological polar surface area (TPSA) is 54.4 Å². The molecule has 70 valence electrons. The van der Waals surface area contributed by atoms with E-state index in [2.05, 4.69) is 0 Å². The standard InChI is InChI=1S/C9H10O3S/c10-13(11,12)9-6-8(9)7-4-2-1-3-5-7/h1-5,8-9H,6H2,(H,10,11,12). The van der Waals surface area contributed by atoms with Crippen LogP contribution in [-0.4, -0.2) is 18.2 Å². The van der Waals surface area contributed by atoms with Gasteiger partial charge < -0.3 is 0 Å². The van der Waals surface area contributed by atoms with Gasteiger partial charge in [-0.3, -0.25) is 4.55 Å². The van der Waals surface area contributed by atoms with Crippen LogP contribution in [0, 0.1) is 0 Å². The zero-order chi connectivity index (χ0) is 9.47. The molecule has 1 aromatic rings. The molecule has 0 saturated heterocycles. The van der Waals surface area contributed by atoms with Crippen molar-refractivity contribution in [2.75, 3.05) is 0 Å². The second-order valence-corrected chi connectivity index (χ2v) is 4.94. The largest absolute Gasteiger partial charge is 0.285 e. The van der Waals surface area contributed by atoms with Crippen LogP contribution in [0.5, 0.6) is 0 Å². The molecule has 1 aromatic carbocycles. The zero-order valence-corrected chi connectivity index (χ0v) is 7.74. The maximum atomic E-state index is 10.7. The van der Waals surface area contributed by atoms with Gasteiger partial charge in [0.1, 0.15) is 0 Å². The predicted molar refractivity (Wildman–Crippen MR) is 49.1 cm³/mol. The van der Waals surface area contributed by atoms with E-state index in [0.717, 1.165) is 5.56 Å². The van der Waals surface area contributed by atoms with Crippen LogP contribution in [0.3, 0.4) is 0 Å². The SMILES string of the molecule is O=S(=O)(O)C1CC1c1ccccc1. The smallest absolute Gasteiger partial charge is 0.268 e. The average Bonchev–Trinajstić information content (AvgIpc) is 2.83. The van der Waals surface area contributed by atoms with Gasteiger partial charge >= 0.3 is 0 Å². The molecule has 0 aromatic heterocycles. The summed E-state index contributed by atoms with van der Waals surface area (Å²) >= 11 is 0. The Morgan fingerprint density at radius 2 is 1.85 bits per heavy atom. The lowest BCUT2D eigenvalue weighted by atomic mass is 10.1. The molecule has 0 spiro atoms. The van der Waals surface area contributed by atoms with E-state index in [1.54, 1.807) is 0 Å². The Bertz CT molecular complexity index is 396. The van der Waals surface area contributed by atoms with Gasteiger partial charge in [0.2, 0.25) is 0 Å². The summed E-state index contributed by atoms with van der Waals surface area (Å²) in [6.07, 6.45) is 0.544. The first kappa shape index (κ1) is 8.72. The fourth-order valence-corrected chi connectivity index (χ4v) is 2.57. The molecular formula is C9H10O3S. The Morgan fingerprint density at radius 1 is 1.23 bits per heavy atom. The highest BCUT2D eigenvalue weighted by Crippen LogP contribution is 2.45. The third-order valence-electron chi connectivity index (χ3n) is 2.34. The van der Waals surface area contributed by atoms with Gasteiger partial charge in [0.05, 0.1) is 5.25 Å². The fraction of sp³-hybridized carbons (Fsp3) is 0.333. The minimum Gasteiger partial charge on any atom is -0.285 e. The summed E-state index contributed by atoms with van der Waals surface area (Å²) < 4.78 is 30.2. The van der Waals surface area contributed by atoms with Gasteiger partial charge in [0.25, 0.3) is 10.1 Å². The van der Waals surface area contributed by atoms with Crippen molar-refractivity contribution < 1.29 is 13.0 Å². The van der Waals surface area contributed by atoms with Gasteiger partial charge in [-0.2, -0.15) is 8.42 Å². The summed E-state index contributed by atoms with van der Waals surface area (Å²) in [5.74, 6) is -0.00352. The number of rotatable bonds is 2. The first-order valence-corrected chi connectivity index (χ1v) is 5.60. The van der Waals surface area contributed by atoms with Crippen LogP contribution in [0.15, 0.2) is 30.3 Å². The lowest BCUT2D eigenvalue weighted by Gasteiger charge is -1.96. The molecule has 2 rings (SSSR count). The van der Waals surface area contributed by atoms with Crippen molar-refractivity contribution in [1.29, 1.82) is 0 Å². The van der Waals surface area contributed by atoms with Crippen molar-refractivity contribution >= 4 is 10.1 Å². The minimum absolute atomic E-state index is 0.00352. The van der Waals surface area contributed by atoms with Gasteiger partial charge in [-0.05, 0) is 12.0 Å². The normalized spacial score (nSPS) is 27.2. The third-order valence-corrected chi connectivity index (χ3v) is 3.63. The van der Waals surface area contributed by atoms with E-state index in [0.29, 0.717) is 6.42 Å². The highest BCUT2D eigenvalue weighted by atomic mass is 32.2. The van der Waals surface area contributed by atoms with Gasteiger partial charge in [-0.15, -0.1) is 0 Å². The molecule has 1 saturated carbocycles. The molecular weight excluding hydrogens is 188 g/mol. The second-order valence-electron chi connectivity index (χ2n) is 3.31. The van der Waals surface area contributed by atoms with Crippen LogP contribution in [0.4, 0.5) is 0 Å². The predicted octanol–water partition coefficient (Wildman–Crippen LogP) is 1.43. The Morgan fingerprint density at radius 3 is 2.31 bits per heavy atom. The number of hydrogen-bond donors (Lipinski definition) is 1. The summed E-state index contributed by atoms with van der Waals surface area (Å²) in [7, 11) is -3.83. The molecule has 0 aliphatic heterocycles. The van der Waals surface area contributed by atoms with Crippen LogP contribution in [0.25, 0.3) is 0 Å². The summed E-state index contributed by atoms with van der Waals surface area (Å²) in [6.45, 7) is 0. The third kappa shape index (κ3) is 1.73. The van der Waals surface area contributed by atoms with Crippen molar-refractivity contribution in [3.63, 3.8) is 0 Å². The van der Waals surface area contributed by atoms with Gasteiger partial charge in [0, 0.05) is 5.92 Å². The number of hydrogen-bond acceptors (Lipinski definition) is 2. The van der Waals surface area contributed by atoms with Crippen molar-refractivity contribution in [3.8, 4) is 0 Å². The molecule has 13 heavy (non-hydrogen) atoms. The Balaban J connectivity index is 2.18. The maximum Gasteiger partial charge on any atom is 0.268 e. The molecule has 2 unspecified atom stereocenters. The average molecular weight is 198 g/mol. The number of benzene rings is 1. The Kier molecular flexibility index (Phi) is 1.89. The highest BCUT2D eigenvalue weighted by Gasteiger charge is 2.47. The molecule has 1 N–H and O–H groups in total. The van der Waals surface area contributed by atoms with E-state index in [9.17, 15) is 8.42 Å². The Hall–Kier alpha value is -0.870. The molecule has 4 heteroatoms. The monoisotopic (exact) mass is 198 g/mol. The van der Waals surface area contributed by atoms with Crippen LogP contribution in [0.2, 0.25) is 0 Å². The summed E-state index contributed by atoms with van der Waals surface area (Å²) in [6, 6.07) is 9.39. The fourth-order valence-electron chi connectivity index (χ4n) is 1.55. The second kappa shape index (κ2) is 2.82. The van der Waals surface area contributed by atoms with Crippen molar-refractivity contribution in [3.05, 3.63) is 35.9 Å². The van der Waals surface area contributed by atoms with Crippen molar-refractivity contribution in [2.45, 2.75) is 17.6 Å². The summed E-state index contributed by atoms with van der Waals surface area (Å²) in [5, 5.41) is -0.574. The van der Waals surface area contributed by atoms with Crippen LogP contribution in [0.1, 0.15) is 17.9 Å². The highest BCUT2D eigenvalue weighted by molar-refractivity contribution is 7.86. The van der Waals surface area contributed by atoms with E-state index in [-0.39, 0.29) is 5.92 Å². The lowest BCUT2D eigenvalue weighted by Crippen LogP contribution is -2.05. The summed E-state index contributed by atoms with van der Waals surface area (Å²) in [4.78, 5) is 0. The molecule has 0 radical (unpaired) electrons. The van der Waals surface area contributed by atoms with E-state index < -0.39 is 15.4 Å². The van der Waals surface area contributed by atoms with E-state index in [1.165, 1.54) is 0 Å². The van der Waals surface area contributed by atoms with Crippen LogP contribution in [-0.2, 0) is 10.1 Å². The van der Waals surface area contributed by atoms with E-state index >= 15 is 0 Å². The lowest BCUT2D eigenvalue weighted by molar-refractivity contribution is 0.480. The van der Waals surface area contributed by atoms with Crippen molar-refractivity contribution in [1.82, 2.24) is 0 Å². The maximum absolute atomic E-state index is 10.7. The minimum atomic E-state index is -3.83. The molecule has 1 aliphatic carbocycles. The van der Waals surface area contributed by atoms with Gasteiger partial charge in [-0.1, -0.05) is 30.3 Å². The quantitative estimate of drug-likeness (QED) is 0.731. The zero-order valence-electron chi connectivity index (χ0n) is 6.92. The molecule has 2 atom stereocenters. The van der Waals surface area contributed by atoms with E-state index in [4.69, 9.17) is 4.55 Å². The Labute approximate surface area is 77.1 Å². The van der Waals surface area contributed by atoms with E-state index in [1.807, 2.05) is 30.3 Å². The first-order chi connectivity index (χ1) is 6.09.